The molecular weight excluding hydrogens is 295 g/mol. The van der Waals surface area contributed by atoms with Crippen molar-refractivity contribution in [3.05, 3.63) is 34.4 Å². The number of ether oxygens (including phenoxy) is 1. The van der Waals surface area contributed by atoms with Gasteiger partial charge in [-0.05, 0) is 49.6 Å². The van der Waals surface area contributed by atoms with Crippen molar-refractivity contribution in [3.63, 3.8) is 0 Å². The van der Waals surface area contributed by atoms with E-state index in [2.05, 4.69) is 0 Å². The van der Waals surface area contributed by atoms with Crippen LogP contribution in [-0.2, 0) is 9.05 Å². The molecular formula is C12H14Cl2O3S. The molecule has 1 aromatic carbocycles. The van der Waals surface area contributed by atoms with E-state index in [0.29, 0.717) is 12.4 Å². The molecule has 0 amide bonds. The fraction of sp³-hybridized carbons (Fsp3) is 0.333. The summed E-state index contributed by atoms with van der Waals surface area (Å²) < 4.78 is 28.1. The first kappa shape index (κ1) is 15.3. The van der Waals surface area contributed by atoms with Crippen LogP contribution in [0.3, 0.4) is 0 Å². The molecule has 0 radical (unpaired) electrons. The molecule has 0 aliphatic rings. The van der Waals surface area contributed by atoms with Crippen LogP contribution in [0.2, 0.25) is 0 Å². The summed E-state index contributed by atoms with van der Waals surface area (Å²) in [5, 5.41) is 0. The van der Waals surface area contributed by atoms with E-state index in [-0.39, 0.29) is 4.90 Å². The van der Waals surface area contributed by atoms with E-state index < -0.39 is 9.05 Å². The highest BCUT2D eigenvalue weighted by Gasteiger charge is 2.14. The second-order valence-electron chi connectivity index (χ2n) is 4.07. The van der Waals surface area contributed by atoms with Crippen molar-refractivity contribution in [1.29, 1.82) is 0 Å². The summed E-state index contributed by atoms with van der Waals surface area (Å²) >= 11 is 5.54. The molecule has 0 fully saturated rings. The number of aryl methyl sites for hydroxylation is 2. The Hall–Kier alpha value is -0.710. The number of benzene rings is 1. The molecule has 0 saturated carbocycles. The molecule has 0 bridgehead atoms. The van der Waals surface area contributed by atoms with Crippen molar-refractivity contribution in [2.75, 3.05) is 6.61 Å². The first-order valence-corrected chi connectivity index (χ1v) is 7.95. The molecule has 0 heterocycles. The Kier molecular flexibility index (Phi) is 5.08. The van der Waals surface area contributed by atoms with Crippen LogP contribution in [0.25, 0.3) is 0 Å². The predicted molar refractivity (Wildman–Crippen MR) is 74.1 cm³/mol. The molecule has 0 unspecified atom stereocenters. The Morgan fingerprint density at radius 2 is 1.83 bits per heavy atom. The molecule has 0 aliphatic heterocycles. The van der Waals surface area contributed by atoms with Gasteiger partial charge in [-0.1, -0.05) is 11.6 Å². The second kappa shape index (κ2) is 5.95. The Morgan fingerprint density at radius 3 is 2.22 bits per heavy atom. The van der Waals surface area contributed by atoms with Gasteiger partial charge in [-0.15, -0.1) is 0 Å². The third-order valence-electron chi connectivity index (χ3n) is 2.35. The van der Waals surface area contributed by atoms with Crippen LogP contribution < -0.4 is 4.74 Å². The fourth-order valence-electron chi connectivity index (χ4n) is 1.50. The van der Waals surface area contributed by atoms with Crippen LogP contribution in [0.15, 0.2) is 28.1 Å². The molecule has 6 heteroatoms. The van der Waals surface area contributed by atoms with Crippen LogP contribution in [0.4, 0.5) is 0 Å². The molecule has 1 rings (SSSR count). The van der Waals surface area contributed by atoms with Gasteiger partial charge in [0.05, 0.1) is 4.90 Å². The topological polar surface area (TPSA) is 43.4 Å². The minimum atomic E-state index is -3.72. The molecule has 3 nitrogen and oxygen atoms in total. The molecule has 0 N–H and O–H groups in total. The van der Waals surface area contributed by atoms with Crippen LogP contribution in [0.1, 0.15) is 18.1 Å². The first-order chi connectivity index (χ1) is 8.25. The Labute approximate surface area is 117 Å². The van der Waals surface area contributed by atoms with E-state index in [1.165, 1.54) is 17.7 Å². The Balaban J connectivity index is 3.10. The zero-order valence-corrected chi connectivity index (χ0v) is 12.7. The third kappa shape index (κ3) is 3.90. The molecule has 100 valence electrons. The smallest absolute Gasteiger partial charge is 0.261 e. The summed E-state index contributed by atoms with van der Waals surface area (Å²) in [4.78, 5) is 0.0797. The summed E-state index contributed by atoms with van der Waals surface area (Å²) in [5.74, 6) is 0.650. The largest absolute Gasteiger partial charge is 0.489 e. The van der Waals surface area contributed by atoms with E-state index in [1.54, 1.807) is 13.8 Å². The fourth-order valence-corrected chi connectivity index (χ4v) is 2.46. The van der Waals surface area contributed by atoms with Gasteiger partial charge in [0.2, 0.25) is 0 Å². The van der Waals surface area contributed by atoms with Gasteiger partial charge >= 0.3 is 0 Å². The highest BCUT2D eigenvalue weighted by atomic mass is 35.7. The first-order valence-electron chi connectivity index (χ1n) is 5.20. The maximum absolute atomic E-state index is 11.3. The summed E-state index contributed by atoms with van der Waals surface area (Å²) in [6, 6.07) is 2.98. The average molecular weight is 309 g/mol. The number of hydrogen-bond acceptors (Lipinski definition) is 3. The Morgan fingerprint density at radius 1 is 1.33 bits per heavy atom. The molecule has 0 spiro atoms. The monoisotopic (exact) mass is 308 g/mol. The van der Waals surface area contributed by atoms with E-state index in [4.69, 9.17) is 27.0 Å². The van der Waals surface area contributed by atoms with E-state index in [9.17, 15) is 8.42 Å². The van der Waals surface area contributed by atoms with Crippen LogP contribution >= 0.6 is 22.3 Å². The van der Waals surface area contributed by atoms with Gasteiger partial charge in [-0.3, -0.25) is 0 Å². The van der Waals surface area contributed by atoms with Crippen LogP contribution in [0.5, 0.6) is 5.75 Å². The van der Waals surface area contributed by atoms with Gasteiger partial charge in [-0.25, -0.2) is 8.42 Å². The lowest BCUT2D eigenvalue weighted by Gasteiger charge is -2.13. The molecule has 0 atom stereocenters. The zero-order valence-electron chi connectivity index (χ0n) is 10.3. The van der Waals surface area contributed by atoms with Crippen LogP contribution in [0, 0.1) is 13.8 Å². The van der Waals surface area contributed by atoms with Crippen molar-refractivity contribution in [2.24, 2.45) is 0 Å². The normalized spacial score (nSPS) is 12.6. The number of halogens is 2. The predicted octanol–water partition coefficient (Wildman–Crippen LogP) is 3.75. The highest BCUT2D eigenvalue weighted by Crippen LogP contribution is 2.28. The SMILES string of the molecule is CC(=CCl)COc1c(C)cc(S(=O)(=O)Cl)cc1C. The number of hydrogen-bond donors (Lipinski definition) is 0. The summed E-state index contributed by atoms with van der Waals surface area (Å²) in [6.07, 6.45) is 0. The van der Waals surface area contributed by atoms with Crippen LogP contribution in [-0.4, -0.2) is 15.0 Å². The van der Waals surface area contributed by atoms with E-state index >= 15 is 0 Å². The van der Waals surface area contributed by atoms with Gasteiger partial charge in [0.1, 0.15) is 12.4 Å². The van der Waals surface area contributed by atoms with Gasteiger partial charge in [0.25, 0.3) is 9.05 Å². The summed E-state index contributed by atoms with van der Waals surface area (Å²) in [7, 11) is 1.59. The van der Waals surface area contributed by atoms with Crippen molar-refractivity contribution in [1.82, 2.24) is 0 Å². The highest BCUT2D eigenvalue weighted by molar-refractivity contribution is 8.13. The van der Waals surface area contributed by atoms with Gasteiger partial charge in [0, 0.05) is 16.2 Å². The van der Waals surface area contributed by atoms with Crippen molar-refractivity contribution >= 4 is 31.3 Å². The maximum Gasteiger partial charge on any atom is 0.261 e. The Bertz CT molecular complexity index is 554. The lowest BCUT2D eigenvalue weighted by atomic mass is 10.1. The minimum Gasteiger partial charge on any atom is -0.489 e. The van der Waals surface area contributed by atoms with E-state index in [1.807, 2.05) is 6.92 Å². The maximum atomic E-state index is 11.3. The standard InChI is InChI=1S/C12H14Cl2O3S/c1-8(6-13)7-17-12-9(2)4-11(5-10(12)3)18(14,15)16/h4-6H,7H2,1-3H3. The second-order valence-corrected chi connectivity index (χ2v) is 6.85. The molecule has 0 aliphatic carbocycles. The van der Waals surface area contributed by atoms with Crippen molar-refractivity contribution in [2.45, 2.75) is 25.7 Å². The molecule has 18 heavy (non-hydrogen) atoms. The lowest BCUT2D eigenvalue weighted by Crippen LogP contribution is -2.03. The van der Waals surface area contributed by atoms with Crippen molar-refractivity contribution in [3.8, 4) is 5.75 Å². The van der Waals surface area contributed by atoms with Gasteiger partial charge in [-0.2, -0.15) is 0 Å². The average Bonchev–Trinajstić information content (AvgIpc) is 2.26. The number of rotatable bonds is 4. The lowest BCUT2D eigenvalue weighted by molar-refractivity contribution is 0.347. The van der Waals surface area contributed by atoms with E-state index in [0.717, 1.165) is 16.7 Å². The summed E-state index contributed by atoms with van der Waals surface area (Å²) in [5.41, 5.74) is 3.76. The van der Waals surface area contributed by atoms with Gasteiger partial charge in [0.15, 0.2) is 0 Å². The van der Waals surface area contributed by atoms with Gasteiger partial charge < -0.3 is 4.74 Å². The zero-order chi connectivity index (χ0) is 13.9. The molecule has 0 aromatic heterocycles. The molecule has 1 aromatic rings. The quantitative estimate of drug-likeness (QED) is 0.796. The van der Waals surface area contributed by atoms with Crippen molar-refractivity contribution < 1.29 is 13.2 Å². The summed E-state index contributed by atoms with van der Waals surface area (Å²) in [6.45, 7) is 5.74. The third-order valence-corrected chi connectivity index (χ3v) is 4.05. The molecule has 0 saturated heterocycles. The minimum absolute atomic E-state index is 0.0797.